The number of hydrogen-bond donors (Lipinski definition) is 2. The molecule has 0 bridgehead atoms. The molecule has 0 aromatic carbocycles. The lowest BCUT2D eigenvalue weighted by atomic mass is 10.00. The third-order valence-corrected chi connectivity index (χ3v) is 3.17. The molecule has 5 heteroatoms. The minimum absolute atomic E-state index is 0.00317. The lowest BCUT2D eigenvalue weighted by Crippen LogP contribution is -2.15. The fourth-order valence-corrected chi connectivity index (χ4v) is 2.09. The molecule has 2 rings (SSSR count). The van der Waals surface area contributed by atoms with Crippen molar-refractivity contribution in [2.45, 2.75) is 25.4 Å². The van der Waals surface area contributed by atoms with Crippen LogP contribution in [-0.4, -0.2) is 28.3 Å². The first-order valence-electron chi connectivity index (χ1n) is 4.74. The van der Waals surface area contributed by atoms with Gasteiger partial charge in [-0.3, -0.25) is 0 Å². The van der Waals surface area contributed by atoms with Crippen LogP contribution in [0.5, 0.6) is 0 Å². The molecule has 1 fully saturated rings. The van der Waals surface area contributed by atoms with Crippen LogP contribution in [0.2, 0.25) is 0 Å². The van der Waals surface area contributed by atoms with E-state index in [1.807, 2.05) is 0 Å². The highest BCUT2D eigenvalue weighted by Crippen LogP contribution is 2.26. The van der Waals surface area contributed by atoms with Crippen molar-refractivity contribution in [2.75, 3.05) is 13.2 Å². The van der Waals surface area contributed by atoms with Gasteiger partial charge in [0.05, 0.1) is 12.3 Å². The molecule has 1 aromatic rings. The molecule has 78 valence electrons. The molecule has 1 saturated heterocycles. The van der Waals surface area contributed by atoms with E-state index in [1.54, 1.807) is 0 Å². The summed E-state index contributed by atoms with van der Waals surface area (Å²) in [6.07, 6.45) is 2.01. The van der Waals surface area contributed by atoms with E-state index in [9.17, 15) is 0 Å². The van der Waals surface area contributed by atoms with Crippen molar-refractivity contribution in [3.8, 4) is 0 Å². The molecule has 0 atom stereocenters. The van der Waals surface area contributed by atoms with Crippen molar-refractivity contribution in [1.82, 2.24) is 9.97 Å². The van der Waals surface area contributed by atoms with Crippen LogP contribution in [-0.2, 0) is 11.3 Å². The summed E-state index contributed by atoms with van der Waals surface area (Å²) >= 11 is 3.31. The lowest BCUT2D eigenvalue weighted by Gasteiger charge is -2.19. The molecule has 2 N–H and O–H groups in total. The first-order valence-corrected chi connectivity index (χ1v) is 5.53. The van der Waals surface area contributed by atoms with Gasteiger partial charge in [0.2, 0.25) is 0 Å². The van der Waals surface area contributed by atoms with Crippen LogP contribution in [0.15, 0.2) is 4.60 Å². The molecule has 2 heterocycles. The second-order valence-corrected chi connectivity index (χ2v) is 4.19. The minimum atomic E-state index is -0.00317. The highest BCUT2D eigenvalue weighted by Gasteiger charge is 2.20. The number of nitrogens with zero attached hydrogens (tertiary/aromatic N) is 1. The minimum Gasteiger partial charge on any atom is -0.390 e. The second kappa shape index (κ2) is 4.42. The number of aromatic nitrogens is 2. The Kier molecular flexibility index (Phi) is 3.20. The van der Waals surface area contributed by atoms with Gasteiger partial charge in [0.25, 0.3) is 0 Å². The summed E-state index contributed by atoms with van der Waals surface area (Å²) in [5.74, 6) is 1.41. The molecule has 0 radical (unpaired) electrons. The van der Waals surface area contributed by atoms with Crippen LogP contribution >= 0.6 is 15.9 Å². The Morgan fingerprint density at radius 2 is 2.21 bits per heavy atom. The summed E-state index contributed by atoms with van der Waals surface area (Å²) < 4.78 is 6.01. The molecule has 0 amide bonds. The van der Waals surface area contributed by atoms with E-state index in [-0.39, 0.29) is 6.61 Å². The zero-order valence-electron chi connectivity index (χ0n) is 7.79. The Morgan fingerprint density at radius 1 is 1.50 bits per heavy atom. The third kappa shape index (κ3) is 1.99. The van der Waals surface area contributed by atoms with Gasteiger partial charge >= 0.3 is 0 Å². The average molecular weight is 261 g/mol. The van der Waals surface area contributed by atoms with Gasteiger partial charge in [-0.15, -0.1) is 0 Å². The highest BCUT2D eigenvalue weighted by atomic mass is 79.9. The molecule has 1 aliphatic rings. The van der Waals surface area contributed by atoms with Crippen molar-refractivity contribution >= 4 is 15.9 Å². The first kappa shape index (κ1) is 10.1. The van der Waals surface area contributed by atoms with Gasteiger partial charge in [-0.05, 0) is 28.8 Å². The monoisotopic (exact) mass is 260 g/mol. The van der Waals surface area contributed by atoms with Gasteiger partial charge < -0.3 is 14.8 Å². The fraction of sp³-hybridized carbons (Fsp3) is 0.667. The van der Waals surface area contributed by atoms with Crippen molar-refractivity contribution in [1.29, 1.82) is 0 Å². The largest absolute Gasteiger partial charge is 0.390 e. The molecular weight excluding hydrogens is 248 g/mol. The van der Waals surface area contributed by atoms with E-state index < -0.39 is 0 Å². The van der Waals surface area contributed by atoms with E-state index in [0.29, 0.717) is 5.92 Å². The zero-order valence-corrected chi connectivity index (χ0v) is 9.38. The molecule has 0 spiro atoms. The standard InChI is InChI=1S/C9H13BrN2O2/c10-8-7(5-13)11-9(12-8)6-1-3-14-4-2-6/h6,13H,1-5H2,(H,11,12). The third-order valence-electron chi connectivity index (χ3n) is 2.51. The van der Waals surface area contributed by atoms with E-state index in [2.05, 4.69) is 25.9 Å². The summed E-state index contributed by atoms with van der Waals surface area (Å²) in [4.78, 5) is 7.49. The predicted molar refractivity (Wildman–Crippen MR) is 55.0 cm³/mol. The number of nitrogens with one attached hydrogen (secondary N) is 1. The molecule has 0 saturated carbocycles. The van der Waals surface area contributed by atoms with Crippen molar-refractivity contribution in [3.63, 3.8) is 0 Å². The zero-order chi connectivity index (χ0) is 9.97. The quantitative estimate of drug-likeness (QED) is 0.849. The van der Waals surface area contributed by atoms with E-state index in [4.69, 9.17) is 9.84 Å². The van der Waals surface area contributed by atoms with Gasteiger partial charge in [0.15, 0.2) is 0 Å². The SMILES string of the molecule is OCc1[nH]c(C2CCOCC2)nc1Br. The van der Waals surface area contributed by atoms with Crippen LogP contribution in [0.3, 0.4) is 0 Å². The lowest BCUT2D eigenvalue weighted by molar-refractivity contribution is 0.0837. The molecule has 1 aliphatic heterocycles. The van der Waals surface area contributed by atoms with Gasteiger partial charge in [-0.1, -0.05) is 0 Å². The number of ether oxygens (including phenoxy) is 1. The number of halogens is 1. The molecule has 14 heavy (non-hydrogen) atoms. The fourth-order valence-electron chi connectivity index (χ4n) is 1.68. The second-order valence-electron chi connectivity index (χ2n) is 3.44. The van der Waals surface area contributed by atoms with Crippen LogP contribution in [0.25, 0.3) is 0 Å². The van der Waals surface area contributed by atoms with Crippen LogP contribution in [0.4, 0.5) is 0 Å². The molecule has 1 aromatic heterocycles. The first-order chi connectivity index (χ1) is 6.81. The average Bonchev–Trinajstić information content (AvgIpc) is 2.61. The van der Waals surface area contributed by atoms with E-state index in [0.717, 1.165) is 42.2 Å². The van der Waals surface area contributed by atoms with Gasteiger partial charge in [-0.25, -0.2) is 4.98 Å². The summed E-state index contributed by atoms with van der Waals surface area (Å²) in [6, 6.07) is 0. The number of aliphatic hydroxyl groups is 1. The van der Waals surface area contributed by atoms with Crippen molar-refractivity contribution in [3.05, 3.63) is 16.1 Å². The molecular formula is C9H13BrN2O2. The summed E-state index contributed by atoms with van der Waals surface area (Å²) in [5, 5.41) is 9.00. The van der Waals surface area contributed by atoms with Crippen LogP contribution in [0, 0.1) is 0 Å². The maximum Gasteiger partial charge on any atom is 0.129 e. The normalized spacial score (nSPS) is 18.7. The van der Waals surface area contributed by atoms with Crippen LogP contribution in [0.1, 0.15) is 30.3 Å². The number of hydrogen-bond acceptors (Lipinski definition) is 3. The van der Waals surface area contributed by atoms with Crippen molar-refractivity contribution in [2.24, 2.45) is 0 Å². The Labute approximate surface area is 90.8 Å². The number of rotatable bonds is 2. The number of aromatic amines is 1. The predicted octanol–water partition coefficient (Wildman–Crippen LogP) is 1.56. The van der Waals surface area contributed by atoms with E-state index >= 15 is 0 Å². The maximum absolute atomic E-state index is 9.00. The highest BCUT2D eigenvalue weighted by molar-refractivity contribution is 9.10. The Balaban J connectivity index is 2.14. The van der Waals surface area contributed by atoms with E-state index in [1.165, 1.54) is 0 Å². The summed E-state index contributed by atoms with van der Waals surface area (Å²) in [7, 11) is 0. The maximum atomic E-state index is 9.00. The summed E-state index contributed by atoms with van der Waals surface area (Å²) in [6.45, 7) is 1.60. The van der Waals surface area contributed by atoms with Gasteiger partial charge in [0, 0.05) is 19.1 Å². The Bertz CT molecular complexity index is 308. The number of imidazole rings is 1. The Morgan fingerprint density at radius 3 is 2.79 bits per heavy atom. The molecule has 4 nitrogen and oxygen atoms in total. The van der Waals surface area contributed by atoms with Gasteiger partial charge in [-0.2, -0.15) is 0 Å². The number of aliphatic hydroxyl groups excluding tert-OH is 1. The smallest absolute Gasteiger partial charge is 0.129 e. The molecule has 0 unspecified atom stereocenters. The van der Waals surface area contributed by atoms with Crippen LogP contribution < -0.4 is 0 Å². The van der Waals surface area contributed by atoms with Crippen molar-refractivity contribution < 1.29 is 9.84 Å². The van der Waals surface area contributed by atoms with Gasteiger partial charge in [0.1, 0.15) is 10.4 Å². The molecule has 0 aliphatic carbocycles. The summed E-state index contributed by atoms with van der Waals surface area (Å²) in [5.41, 5.74) is 0.756. The number of H-pyrrole nitrogens is 1. The Hall–Kier alpha value is -0.390. The topological polar surface area (TPSA) is 58.1 Å².